The fraction of sp³-hybridized carbons (Fsp3) is 0.321. The van der Waals surface area contributed by atoms with E-state index in [1.54, 1.807) is 36.4 Å². The zero-order chi connectivity index (χ0) is 27.3. The summed E-state index contributed by atoms with van der Waals surface area (Å²) in [7, 11) is 0. The van der Waals surface area contributed by atoms with Crippen LogP contribution in [0, 0.1) is 10.1 Å². The predicted octanol–water partition coefficient (Wildman–Crippen LogP) is 4.62. The molecular weight excluding hydrogens is 486 g/mol. The Morgan fingerprint density at radius 1 is 1.03 bits per heavy atom. The smallest absolute Gasteiger partial charge is 0.269 e. The van der Waals surface area contributed by atoms with E-state index >= 15 is 0 Å². The predicted molar refractivity (Wildman–Crippen MR) is 146 cm³/mol. The summed E-state index contributed by atoms with van der Waals surface area (Å²) < 4.78 is 5.73. The number of nitro groups is 1. The average Bonchev–Trinajstić information content (AvgIpc) is 3.41. The zero-order valence-electron chi connectivity index (χ0n) is 21.6. The van der Waals surface area contributed by atoms with Gasteiger partial charge in [0.25, 0.3) is 17.5 Å². The van der Waals surface area contributed by atoms with Crippen LogP contribution in [0.2, 0.25) is 0 Å². The van der Waals surface area contributed by atoms with Crippen LogP contribution < -0.4 is 10.7 Å². The van der Waals surface area contributed by atoms with Crippen LogP contribution in [0.1, 0.15) is 49.2 Å². The minimum absolute atomic E-state index is 0.00416. The molecule has 10 heteroatoms. The molecule has 1 aromatic heterocycles. The van der Waals surface area contributed by atoms with Gasteiger partial charge < -0.3 is 9.73 Å². The Kier molecular flexibility index (Phi) is 10.7. The molecule has 0 aliphatic carbocycles. The third-order valence-corrected chi connectivity index (χ3v) is 6.14. The number of nitrogens with zero attached hydrogens (tertiary/aromatic N) is 3. The fourth-order valence-corrected chi connectivity index (χ4v) is 4.06. The first-order valence-corrected chi connectivity index (χ1v) is 12.7. The van der Waals surface area contributed by atoms with E-state index < -0.39 is 4.92 Å². The van der Waals surface area contributed by atoms with Crippen molar-refractivity contribution < 1.29 is 18.9 Å². The minimum atomic E-state index is -0.456. The number of likely N-dealkylation sites (N-methyl/N-ethyl adjacent to an activating group) is 1. The van der Waals surface area contributed by atoms with E-state index in [2.05, 4.69) is 20.7 Å². The van der Waals surface area contributed by atoms with Crippen molar-refractivity contribution in [2.45, 2.75) is 39.2 Å². The van der Waals surface area contributed by atoms with Gasteiger partial charge in [-0.2, -0.15) is 5.10 Å². The second kappa shape index (κ2) is 14.4. The summed E-state index contributed by atoms with van der Waals surface area (Å²) in [5, 5.41) is 17.8. The summed E-state index contributed by atoms with van der Waals surface area (Å²) in [5.41, 5.74) is 3.94. The number of hydrogen-bond acceptors (Lipinski definition) is 7. The van der Waals surface area contributed by atoms with Crippen LogP contribution in [-0.4, -0.2) is 53.5 Å². The summed E-state index contributed by atoms with van der Waals surface area (Å²) in [6.45, 7) is 6.00. The second-order valence-corrected chi connectivity index (χ2v) is 8.59. The van der Waals surface area contributed by atoms with Gasteiger partial charge in [0.1, 0.15) is 11.5 Å². The number of benzene rings is 2. The molecular formula is C28H33N5O5. The van der Waals surface area contributed by atoms with Gasteiger partial charge in [-0.25, -0.2) is 5.43 Å². The van der Waals surface area contributed by atoms with Crippen molar-refractivity contribution in [1.82, 2.24) is 15.6 Å². The second-order valence-electron chi connectivity index (χ2n) is 8.59. The maximum atomic E-state index is 12.9. The van der Waals surface area contributed by atoms with E-state index in [0.29, 0.717) is 35.6 Å². The topological polar surface area (TPSA) is 130 Å². The number of carbonyl (C=O) groups excluding carboxylic acids is 2. The van der Waals surface area contributed by atoms with Crippen molar-refractivity contribution in [1.29, 1.82) is 0 Å². The van der Waals surface area contributed by atoms with Gasteiger partial charge in [0.15, 0.2) is 0 Å². The highest BCUT2D eigenvalue weighted by Crippen LogP contribution is 2.24. The molecule has 2 N–H and O–H groups in total. The minimum Gasteiger partial charge on any atom is -0.455 e. The highest BCUT2D eigenvalue weighted by Gasteiger charge is 2.23. The number of unbranched alkanes of at least 4 members (excludes halogenated alkanes) is 1. The maximum Gasteiger partial charge on any atom is 0.269 e. The molecule has 3 aromatic rings. The highest BCUT2D eigenvalue weighted by molar-refractivity contribution is 5.94. The quantitative estimate of drug-likeness (QED) is 0.138. The maximum absolute atomic E-state index is 12.9. The highest BCUT2D eigenvalue weighted by atomic mass is 16.6. The lowest BCUT2D eigenvalue weighted by Gasteiger charge is -2.27. The molecule has 0 saturated heterocycles. The summed E-state index contributed by atoms with van der Waals surface area (Å²) in [5.74, 6) is 0.660. The van der Waals surface area contributed by atoms with Crippen molar-refractivity contribution >= 4 is 23.7 Å². The van der Waals surface area contributed by atoms with E-state index in [9.17, 15) is 19.7 Å². The molecule has 0 unspecified atom stereocenters. The van der Waals surface area contributed by atoms with Crippen LogP contribution in [0.5, 0.6) is 0 Å². The Hall–Kier alpha value is -4.31. The monoisotopic (exact) mass is 519 g/mol. The molecule has 1 atom stereocenters. The van der Waals surface area contributed by atoms with Crippen molar-refractivity contribution in [3.8, 4) is 11.3 Å². The van der Waals surface area contributed by atoms with Crippen LogP contribution in [0.15, 0.2) is 76.2 Å². The Bertz CT molecular complexity index is 1220. The van der Waals surface area contributed by atoms with Crippen LogP contribution >= 0.6 is 0 Å². The number of hydrazone groups is 1. The van der Waals surface area contributed by atoms with Crippen molar-refractivity contribution in [2.75, 3.05) is 19.6 Å². The lowest BCUT2D eigenvalue weighted by Crippen LogP contribution is -2.45. The fourth-order valence-electron chi connectivity index (χ4n) is 4.06. The largest absolute Gasteiger partial charge is 0.455 e. The molecule has 38 heavy (non-hydrogen) atoms. The molecule has 0 aliphatic heterocycles. The van der Waals surface area contributed by atoms with Gasteiger partial charge in [-0.15, -0.1) is 0 Å². The van der Waals surface area contributed by atoms with Gasteiger partial charge in [-0.3, -0.25) is 24.6 Å². The normalized spacial score (nSPS) is 12.0. The lowest BCUT2D eigenvalue weighted by atomic mass is 10.1. The van der Waals surface area contributed by atoms with Gasteiger partial charge in [0.05, 0.1) is 17.2 Å². The summed E-state index contributed by atoms with van der Waals surface area (Å²) in [4.78, 5) is 37.6. The first-order chi connectivity index (χ1) is 18.4. The van der Waals surface area contributed by atoms with Gasteiger partial charge in [-0.05, 0) is 68.8 Å². The summed E-state index contributed by atoms with van der Waals surface area (Å²) in [6.07, 6.45) is 3.58. The van der Waals surface area contributed by atoms with E-state index in [1.165, 1.54) is 18.3 Å². The Morgan fingerprint density at radius 2 is 1.74 bits per heavy atom. The van der Waals surface area contributed by atoms with Gasteiger partial charge >= 0.3 is 0 Å². The van der Waals surface area contributed by atoms with Crippen molar-refractivity contribution in [2.24, 2.45) is 5.10 Å². The van der Waals surface area contributed by atoms with Gasteiger partial charge in [0.2, 0.25) is 0 Å². The number of furan rings is 1. The number of rotatable bonds is 14. The van der Waals surface area contributed by atoms with E-state index in [4.69, 9.17) is 4.42 Å². The Labute approximate surface area is 221 Å². The average molecular weight is 520 g/mol. The molecule has 10 nitrogen and oxygen atoms in total. The molecule has 0 aliphatic rings. The first-order valence-electron chi connectivity index (χ1n) is 12.7. The van der Waals surface area contributed by atoms with Gasteiger partial charge in [0, 0.05) is 29.8 Å². The SMILES string of the molecule is CCN(CC)[C@H](CCCCNC(=O)c1ccccc1)C(=O)N/N=C/c1ccc(-c2ccc([N+](=O)[O-])cc2)o1. The summed E-state index contributed by atoms with van der Waals surface area (Å²) >= 11 is 0. The van der Waals surface area contributed by atoms with E-state index in [1.807, 2.05) is 32.0 Å². The van der Waals surface area contributed by atoms with E-state index in [-0.39, 0.29) is 23.5 Å². The standard InChI is InChI=1S/C28H33N5O5/c1-3-32(4-2)25(12-8-9-19-29-27(34)22-10-6-5-7-11-22)28(35)31-30-20-24-17-18-26(38-24)21-13-15-23(16-14-21)33(36)37/h5-7,10-11,13-18,20,25H,3-4,8-9,12,19H2,1-2H3,(H,29,34)(H,31,35)/b30-20+/t25-/m1/s1. The molecule has 0 spiro atoms. The molecule has 2 aromatic carbocycles. The lowest BCUT2D eigenvalue weighted by molar-refractivity contribution is -0.384. The summed E-state index contributed by atoms with van der Waals surface area (Å²) in [6, 6.07) is 18.2. The van der Waals surface area contributed by atoms with Crippen molar-refractivity contribution in [3.63, 3.8) is 0 Å². The molecule has 0 bridgehead atoms. The number of non-ortho nitro benzene ring substituents is 1. The number of nitro benzene ring substituents is 1. The Balaban J connectivity index is 1.50. The van der Waals surface area contributed by atoms with Crippen LogP contribution in [0.4, 0.5) is 5.69 Å². The number of nitrogens with one attached hydrogen (secondary N) is 2. The van der Waals surface area contributed by atoms with E-state index in [0.717, 1.165) is 25.9 Å². The molecule has 1 heterocycles. The third kappa shape index (κ3) is 8.10. The number of amides is 2. The third-order valence-electron chi connectivity index (χ3n) is 6.14. The number of hydrogen-bond donors (Lipinski definition) is 2. The molecule has 3 rings (SSSR count). The molecule has 0 fully saturated rings. The van der Waals surface area contributed by atoms with Gasteiger partial charge in [-0.1, -0.05) is 32.0 Å². The van der Waals surface area contributed by atoms with Crippen molar-refractivity contribution in [3.05, 3.63) is 88.2 Å². The van der Waals surface area contributed by atoms with Crippen LogP contribution in [-0.2, 0) is 4.79 Å². The zero-order valence-corrected chi connectivity index (χ0v) is 21.6. The number of carbonyl (C=O) groups is 2. The van der Waals surface area contributed by atoms with Crippen LogP contribution in [0.25, 0.3) is 11.3 Å². The Morgan fingerprint density at radius 3 is 2.39 bits per heavy atom. The first kappa shape index (κ1) is 28.3. The molecule has 0 saturated carbocycles. The molecule has 2 amide bonds. The molecule has 200 valence electrons. The molecule has 0 radical (unpaired) electrons. The van der Waals surface area contributed by atoms with Crippen LogP contribution in [0.3, 0.4) is 0 Å².